The van der Waals surface area contributed by atoms with Crippen molar-refractivity contribution in [2.24, 2.45) is 0 Å². The van der Waals surface area contributed by atoms with Gasteiger partial charge in [0.2, 0.25) is 0 Å². The Bertz CT molecular complexity index is 520. The molecule has 1 nitrogen and oxygen atoms in total. The number of thioether (sulfide) groups is 1. The van der Waals surface area contributed by atoms with Gasteiger partial charge >= 0.3 is 5.51 Å². The second kappa shape index (κ2) is 5.52. The second-order valence-corrected chi connectivity index (χ2v) is 4.91. The zero-order valence-corrected chi connectivity index (χ0v) is 10.3. The van der Waals surface area contributed by atoms with Crippen LogP contribution < -0.4 is 5.32 Å². The summed E-state index contributed by atoms with van der Waals surface area (Å²) < 4.78 is 35.9. The summed E-state index contributed by atoms with van der Waals surface area (Å²) in [6, 6.07) is 13.5. The molecule has 0 heterocycles. The van der Waals surface area contributed by atoms with Crippen LogP contribution in [0.1, 0.15) is 0 Å². The molecule has 0 fully saturated rings. The highest BCUT2D eigenvalue weighted by Crippen LogP contribution is 2.30. The minimum Gasteiger partial charge on any atom is -0.384 e. The van der Waals surface area contributed by atoms with Gasteiger partial charge in [-0.1, -0.05) is 36.4 Å². The van der Waals surface area contributed by atoms with Crippen LogP contribution >= 0.6 is 11.8 Å². The van der Waals surface area contributed by atoms with Crippen LogP contribution in [-0.2, 0) is 0 Å². The SMILES string of the molecule is FC(F)(F)SCCNc1cccc2ccccc12. The lowest BCUT2D eigenvalue weighted by molar-refractivity contribution is -0.0327. The number of hydrogen-bond acceptors (Lipinski definition) is 2. The van der Waals surface area contributed by atoms with Crippen molar-refractivity contribution >= 4 is 28.2 Å². The third-order valence-electron chi connectivity index (χ3n) is 2.47. The largest absolute Gasteiger partial charge is 0.441 e. The molecule has 0 amide bonds. The van der Waals surface area contributed by atoms with Crippen molar-refractivity contribution in [2.45, 2.75) is 5.51 Å². The summed E-state index contributed by atoms with van der Waals surface area (Å²) in [6.07, 6.45) is 0. The molecule has 18 heavy (non-hydrogen) atoms. The Labute approximate surface area is 107 Å². The van der Waals surface area contributed by atoms with Crippen molar-refractivity contribution < 1.29 is 13.2 Å². The highest BCUT2D eigenvalue weighted by atomic mass is 32.2. The van der Waals surface area contributed by atoms with E-state index in [-0.39, 0.29) is 24.1 Å². The molecule has 0 bridgehead atoms. The zero-order valence-electron chi connectivity index (χ0n) is 9.50. The fourth-order valence-electron chi connectivity index (χ4n) is 1.73. The van der Waals surface area contributed by atoms with E-state index in [2.05, 4.69) is 5.32 Å². The molecule has 0 saturated heterocycles. The van der Waals surface area contributed by atoms with Gasteiger partial charge < -0.3 is 5.32 Å². The smallest absolute Gasteiger partial charge is 0.384 e. The maximum atomic E-state index is 12.0. The lowest BCUT2D eigenvalue weighted by Crippen LogP contribution is -2.09. The van der Waals surface area contributed by atoms with Gasteiger partial charge in [-0.3, -0.25) is 0 Å². The van der Waals surface area contributed by atoms with Crippen LogP contribution in [0, 0.1) is 0 Å². The van der Waals surface area contributed by atoms with E-state index in [0.29, 0.717) is 0 Å². The number of nitrogens with one attached hydrogen (secondary N) is 1. The molecule has 2 rings (SSSR count). The first kappa shape index (κ1) is 13.1. The van der Waals surface area contributed by atoms with Gasteiger partial charge in [-0.2, -0.15) is 13.2 Å². The van der Waals surface area contributed by atoms with Crippen LogP contribution in [0.3, 0.4) is 0 Å². The van der Waals surface area contributed by atoms with E-state index >= 15 is 0 Å². The molecule has 0 unspecified atom stereocenters. The van der Waals surface area contributed by atoms with E-state index < -0.39 is 5.51 Å². The molecule has 2 aromatic carbocycles. The monoisotopic (exact) mass is 271 g/mol. The molecule has 1 N–H and O–H groups in total. The summed E-state index contributed by atoms with van der Waals surface area (Å²) in [4.78, 5) is 0. The van der Waals surface area contributed by atoms with Crippen LogP contribution in [0.5, 0.6) is 0 Å². The normalized spacial score (nSPS) is 11.7. The number of benzene rings is 2. The van der Waals surface area contributed by atoms with Gasteiger partial charge in [-0.15, -0.1) is 0 Å². The first-order valence-electron chi connectivity index (χ1n) is 5.48. The van der Waals surface area contributed by atoms with Gasteiger partial charge in [0.15, 0.2) is 0 Å². The first-order valence-corrected chi connectivity index (χ1v) is 6.47. The standard InChI is InChI=1S/C13H12F3NS/c14-13(15,16)18-9-8-17-12-7-3-5-10-4-1-2-6-11(10)12/h1-7,17H,8-9H2. The number of fused-ring (bicyclic) bond motifs is 1. The molecule has 0 aliphatic carbocycles. The van der Waals surface area contributed by atoms with E-state index in [0.717, 1.165) is 16.5 Å². The Kier molecular flexibility index (Phi) is 4.01. The number of hydrogen-bond donors (Lipinski definition) is 1. The molecular formula is C13H12F3NS. The predicted octanol–water partition coefficient (Wildman–Crippen LogP) is 4.50. The Hall–Kier alpha value is -1.36. The molecule has 0 aromatic heterocycles. The van der Waals surface area contributed by atoms with E-state index in [1.807, 2.05) is 42.5 Å². The van der Waals surface area contributed by atoms with Gasteiger partial charge in [0.25, 0.3) is 0 Å². The maximum absolute atomic E-state index is 12.0. The molecule has 0 saturated carbocycles. The average molecular weight is 271 g/mol. The molecule has 0 radical (unpaired) electrons. The van der Waals surface area contributed by atoms with Crippen molar-refractivity contribution in [1.82, 2.24) is 0 Å². The van der Waals surface area contributed by atoms with E-state index in [9.17, 15) is 13.2 Å². The van der Waals surface area contributed by atoms with Crippen molar-refractivity contribution in [3.8, 4) is 0 Å². The van der Waals surface area contributed by atoms with Crippen LogP contribution in [0.25, 0.3) is 10.8 Å². The fraction of sp³-hybridized carbons (Fsp3) is 0.231. The minimum atomic E-state index is -4.15. The Balaban J connectivity index is 2.00. The molecule has 0 aliphatic rings. The number of alkyl halides is 3. The summed E-state index contributed by atoms with van der Waals surface area (Å²) in [7, 11) is 0. The van der Waals surface area contributed by atoms with Crippen molar-refractivity contribution in [3.63, 3.8) is 0 Å². The van der Waals surface area contributed by atoms with Crippen LogP contribution in [0.15, 0.2) is 42.5 Å². The van der Waals surface area contributed by atoms with Crippen molar-refractivity contribution in [1.29, 1.82) is 0 Å². The van der Waals surface area contributed by atoms with E-state index in [1.165, 1.54) is 0 Å². The quantitative estimate of drug-likeness (QED) is 0.821. The molecule has 0 spiro atoms. The van der Waals surface area contributed by atoms with Crippen molar-refractivity contribution in [2.75, 3.05) is 17.6 Å². The Morgan fingerprint density at radius 1 is 1.00 bits per heavy atom. The topological polar surface area (TPSA) is 12.0 Å². The van der Waals surface area contributed by atoms with Crippen LogP contribution in [-0.4, -0.2) is 17.8 Å². The van der Waals surface area contributed by atoms with Gasteiger partial charge in [0.05, 0.1) is 0 Å². The lowest BCUT2D eigenvalue weighted by Gasteiger charge is -2.10. The third-order valence-corrected chi connectivity index (χ3v) is 3.21. The number of halogens is 3. The third kappa shape index (κ3) is 3.57. The molecule has 96 valence electrons. The summed E-state index contributed by atoms with van der Waals surface area (Å²) in [6.45, 7) is 0.290. The summed E-state index contributed by atoms with van der Waals surface area (Å²) in [5, 5.41) is 5.14. The van der Waals surface area contributed by atoms with Gasteiger partial charge in [-0.05, 0) is 23.2 Å². The fourth-order valence-corrected chi connectivity index (χ4v) is 2.17. The second-order valence-electron chi connectivity index (χ2n) is 3.75. The Morgan fingerprint density at radius 2 is 1.72 bits per heavy atom. The average Bonchev–Trinajstić information content (AvgIpc) is 2.33. The molecule has 0 aliphatic heterocycles. The van der Waals surface area contributed by atoms with Crippen LogP contribution in [0.2, 0.25) is 0 Å². The van der Waals surface area contributed by atoms with E-state index in [4.69, 9.17) is 0 Å². The summed E-state index contributed by atoms with van der Waals surface area (Å²) in [5.41, 5.74) is -3.28. The van der Waals surface area contributed by atoms with Gasteiger partial charge in [-0.25, -0.2) is 0 Å². The predicted molar refractivity (Wildman–Crippen MR) is 71.0 cm³/mol. The first-order chi connectivity index (χ1) is 8.56. The Morgan fingerprint density at radius 3 is 2.50 bits per heavy atom. The molecule has 2 aromatic rings. The summed E-state index contributed by atoms with van der Waals surface area (Å²) in [5.74, 6) is 0.00667. The molecular weight excluding hydrogens is 259 g/mol. The lowest BCUT2D eigenvalue weighted by atomic mass is 10.1. The maximum Gasteiger partial charge on any atom is 0.441 e. The molecule has 0 atom stereocenters. The van der Waals surface area contributed by atoms with Gasteiger partial charge in [0, 0.05) is 23.4 Å². The minimum absolute atomic E-state index is 0.00429. The highest BCUT2D eigenvalue weighted by molar-refractivity contribution is 8.00. The number of rotatable bonds is 4. The number of anilines is 1. The van der Waals surface area contributed by atoms with Crippen molar-refractivity contribution in [3.05, 3.63) is 42.5 Å². The van der Waals surface area contributed by atoms with E-state index in [1.54, 1.807) is 0 Å². The summed E-state index contributed by atoms with van der Waals surface area (Å²) >= 11 is -0.00429. The highest BCUT2D eigenvalue weighted by Gasteiger charge is 2.27. The molecule has 5 heteroatoms. The van der Waals surface area contributed by atoms with Gasteiger partial charge in [0.1, 0.15) is 0 Å². The van der Waals surface area contributed by atoms with Crippen LogP contribution in [0.4, 0.5) is 18.9 Å². The zero-order chi connectivity index (χ0) is 13.0.